The lowest BCUT2D eigenvalue weighted by Gasteiger charge is -2.31. The Morgan fingerprint density at radius 3 is 2.56 bits per heavy atom. The number of amides is 2. The zero-order valence-corrected chi connectivity index (χ0v) is 19.5. The van der Waals surface area contributed by atoms with Crippen molar-refractivity contribution in [3.05, 3.63) is 58.6 Å². The molecule has 2 amide bonds. The lowest BCUT2D eigenvalue weighted by molar-refractivity contribution is -0.141. The Morgan fingerprint density at radius 2 is 1.84 bits per heavy atom. The van der Waals surface area contributed by atoms with Crippen LogP contribution in [0.2, 0.25) is 5.02 Å². The summed E-state index contributed by atoms with van der Waals surface area (Å²) in [5.41, 5.74) is 1.81. The number of carbonyl (C=O) groups excluding carboxylic acids is 2. The van der Waals surface area contributed by atoms with Gasteiger partial charge in [0, 0.05) is 24.5 Å². The molecule has 0 fully saturated rings. The standard InChI is InChI=1S/C25H31ClN2O4/c1-3-13-27-25(30)21(4-2)28(17-19-7-5-6-8-20(19)26)24(29)12-10-18-9-11-22-23(16-18)32-15-14-31-22/h5-9,11,16,21H,3-4,10,12-15,17H2,1-2H3,(H,27,30). The van der Waals surface area contributed by atoms with Crippen molar-refractivity contribution >= 4 is 23.4 Å². The first kappa shape index (κ1) is 23.9. The molecule has 1 unspecified atom stereocenters. The first-order chi connectivity index (χ1) is 15.5. The number of fused-ring (bicyclic) bond motifs is 1. The minimum atomic E-state index is -0.550. The molecule has 2 aromatic carbocycles. The molecule has 32 heavy (non-hydrogen) atoms. The van der Waals surface area contributed by atoms with E-state index in [4.69, 9.17) is 21.1 Å². The molecule has 1 aliphatic heterocycles. The van der Waals surface area contributed by atoms with E-state index in [1.165, 1.54) is 0 Å². The number of hydrogen-bond donors (Lipinski definition) is 1. The average molecular weight is 459 g/mol. The van der Waals surface area contributed by atoms with Gasteiger partial charge >= 0.3 is 0 Å². The van der Waals surface area contributed by atoms with Gasteiger partial charge in [0.05, 0.1) is 0 Å². The topological polar surface area (TPSA) is 67.9 Å². The Labute approximate surface area is 194 Å². The predicted molar refractivity (Wildman–Crippen MR) is 125 cm³/mol. The molecule has 3 rings (SSSR count). The molecule has 1 atom stereocenters. The van der Waals surface area contributed by atoms with Crippen LogP contribution in [0.25, 0.3) is 0 Å². The number of ether oxygens (including phenoxy) is 2. The van der Waals surface area contributed by atoms with E-state index in [9.17, 15) is 9.59 Å². The lowest BCUT2D eigenvalue weighted by atomic mass is 10.1. The van der Waals surface area contributed by atoms with Gasteiger partial charge in [0.15, 0.2) is 11.5 Å². The van der Waals surface area contributed by atoms with Crippen LogP contribution in [0.3, 0.4) is 0 Å². The van der Waals surface area contributed by atoms with Crippen LogP contribution in [0.15, 0.2) is 42.5 Å². The molecule has 0 aliphatic carbocycles. The summed E-state index contributed by atoms with van der Waals surface area (Å²) in [7, 11) is 0. The van der Waals surface area contributed by atoms with Gasteiger partial charge in [0.2, 0.25) is 11.8 Å². The normalized spacial score (nSPS) is 13.3. The van der Waals surface area contributed by atoms with Crippen LogP contribution in [0.1, 0.15) is 44.2 Å². The summed E-state index contributed by atoms with van der Waals surface area (Å²) in [6, 6.07) is 12.6. The molecule has 2 aromatic rings. The summed E-state index contributed by atoms with van der Waals surface area (Å²) in [6.07, 6.45) is 2.18. The van der Waals surface area contributed by atoms with Crippen LogP contribution < -0.4 is 14.8 Å². The number of carbonyl (C=O) groups is 2. The first-order valence-corrected chi connectivity index (χ1v) is 11.6. The van der Waals surface area contributed by atoms with Gasteiger partial charge in [-0.2, -0.15) is 0 Å². The summed E-state index contributed by atoms with van der Waals surface area (Å²) in [5, 5.41) is 3.52. The summed E-state index contributed by atoms with van der Waals surface area (Å²) in [6.45, 7) is 5.86. The third kappa shape index (κ3) is 6.16. The third-order valence-corrected chi connectivity index (χ3v) is 5.84. The molecule has 0 saturated carbocycles. The molecule has 0 bridgehead atoms. The van der Waals surface area contributed by atoms with Crippen molar-refractivity contribution in [3.63, 3.8) is 0 Å². The number of aryl methyl sites for hydroxylation is 1. The quantitative estimate of drug-likeness (QED) is 0.573. The Balaban J connectivity index is 1.75. The van der Waals surface area contributed by atoms with Gasteiger partial charge in [-0.15, -0.1) is 0 Å². The van der Waals surface area contributed by atoms with Gasteiger partial charge in [0.1, 0.15) is 19.3 Å². The molecule has 1 N–H and O–H groups in total. The molecule has 0 radical (unpaired) electrons. The van der Waals surface area contributed by atoms with Gasteiger partial charge in [-0.3, -0.25) is 9.59 Å². The van der Waals surface area contributed by atoms with Crippen LogP contribution in [0.4, 0.5) is 0 Å². The maximum Gasteiger partial charge on any atom is 0.242 e. The van der Waals surface area contributed by atoms with Crippen molar-refractivity contribution in [2.24, 2.45) is 0 Å². The van der Waals surface area contributed by atoms with E-state index in [1.54, 1.807) is 11.0 Å². The summed E-state index contributed by atoms with van der Waals surface area (Å²) >= 11 is 6.36. The van der Waals surface area contributed by atoms with Crippen molar-refractivity contribution in [1.82, 2.24) is 10.2 Å². The highest BCUT2D eigenvalue weighted by Gasteiger charge is 2.28. The van der Waals surface area contributed by atoms with E-state index in [1.807, 2.05) is 50.2 Å². The van der Waals surface area contributed by atoms with Crippen molar-refractivity contribution in [2.45, 2.75) is 52.1 Å². The van der Waals surface area contributed by atoms with E-state index < -0.39 is 6.04 Å². The summed E-state index contributed by atoms with van der Waals surface area (Å²) in [4.78, 5) is 27.8. The largest absolute Gasteiger partial charge is 0.486 e. The lowest BCUT2D eigenvalue weighted by Crippen LogP contribution is -2.49. The Hall–Kier alpha value is -2.73. The summed E-state index contributed by atoms with van der Waals surface area (Å²) < 4.78 is 11.2. The number of benzene rings is 2. The Bertz CT molecular complexity index is 934. The van der Waals surface area contributed by atoms with Gasteiger partial charge in [0.25, 0.3) is 0 Å². The van der Waals surface area contributed by atoms with Crippen LogP contribution in [-0.4, -0.2) is 42.5 Å². The van der Waals surface area contributed by atoms with Crippen molar-refractivity contribution in [1.29, 1.82) is 0 Å². The summed E-state index contributed by atoms with van der Waals surface area (Å²) in [5.74, 6) is 1.22. The van der Waals surface area contributed by atoms with E-state index in [-0.39, 0.29) is 24.8 Å². The van der Waals surface area contributed by atoms with Crippen molar-refractivity contribution in [2.75, 3.05) is 19.8 Å². The zero-order chi connectivity index (χ0) is 22.9. The van der Waals surface area contributed by atoms with E-state index in [0.717, 1.165) is 23.3 Å². The van der Waals surface area contributed by atoms with E-state index in [0.29, 0.717) is 43.4 Å². The van der Waals surface area contributed by atoms with Crippen LogP contribution in [0, 0.1) is 0 Å². The number of nitrogens with one attached hydrogen (secondary N) is 1. The third-order valence-electron chi connectivity index (χ3n) is 5.47. The highest BCUT2D eigenvalue weighted by atomic mass is 35.5. The minimum Gasteiger partial charge on any atom is -0.486 e. The first-order valence-electron chi connectivity index (χ1n) is 11.2. The molecule has 0 spiro atoms. The van der Waals surface area contributed by atoms with Crippen molar-refractivity contribution < 1.29 is 19.1 Å². The van der Waals surface area contributed by atoms with Crippen LogP contribution >= 0.6 is 11.6 Å². The number of rotatable bonds is 10. The van der Waals surface area contributed by atoms with Gasteiger partial charge < -0.3 is 19.7 Å². The molecule has 1 aliphatic rings. The molecule has 0 saturated heterocycles. The van der Waals surface area contributed by atoms with Crippen molar-refractivity contribution in [3.8, 4) is 11.5 Å². The van der Waals surface area contributed by atoms with E-state index in [2.05, 4.69) is 5.32 Å². The smallest absolute Gasteiger partial charge is 0.242 e. The second-order valence-electron chi connectivity index (χ2n) is 7.81. The highest BCUT2D eigenvalue weighted by molar-refractivity contribution is 6.31. The SMILES string of the molecule is CCCNC(=O)C(CC)N(Cc1ccccc1Cl)C(=O)CCc1ccc2c(c1)OCCO2. The van der Waals surface area contributed by atoms with Gasteiger partial charge in [-0.1, -0.05) is 49.7 Å². The Kier molecular flexibility index (Phi) is 8.80. The molecule has 0 aromatic heterocycles. The fourth-order valence-corrected chi connectivity index (χ4v) is 3.93. The molecule has 7 heteroatoms. The molecular weight excluding hydrogens is 428 g/mol. The van der Waals surface area contributed by atoms with Gasteiger partial charge in [-0.05, 0) is 48.6 Å². The van der Waals surface area contributed by atoms with Crippen LogP contribution in [-0.2, 0) is 22.6 Å². The fourth-order valence-electron chi connectivity index (χ4n) is 3.73. The monoisotopic (exact) mass is 458 g/mol. The zero-order valence-electron chi connectivity index (χ0n) is 18.7. The van der Waals surface area contributed by atoms with E-state index >= 15 is 0 Å². The Morgan fingerprint density at radius 1 is 1.09 bits per heavy atom. The maximum absolute atomic E-state index is 13.3. The minimum absolute atomic E-state index is 0.0849. The number of hydrogen-bond acceptors (Lipinski definition) is 4. The highest BCUT2D eigenvalue weighted by Crippen LogP contribution is 2.31. The second-order valence-corrected chi connectivity index (χ2v) is 8.21. The molecule has 6 nitrogen and oxygen atoms in total. The fraction of sp³-hybridized carbons (Fsp3) is 0.440. The molecular formula is C25H31ClN2O4. The number of halogens is 1. The number of nitrogens with zero attached hydrogens (tertiary/aromatic N) is 1. The van der Waals surface area contributed by atoms with Crippen LogP contribution in [0.5, 0.6) is 11.5 Å². The molecule has 172 valence electrons. The maximum atomic E-state index is 13.3. The van der Waals surface area contributed by atoms with Gasteiger partial charge in [-0.25, -0.2) is 0 Å². The average Bonchev–Trinajstić information content (AvgIpc) is 2.82. The second kappa shape index (κ2) is 11.8. The molecule has 1 heterocycles. The predicted octanol–water partition coefficient (Wildman–Crippen LogP) is 4.38.